The number of rotatable bonds is 7. The number of alkyl halides is 3. The van der Waals surface area contributed by atoms with E-state index in [9.17, 15) is 27.5 Å². The molecular formula is C27H29F4N3O2. The van der Waals surface area contributed by atoms with Crippen molar-refractivity contribution in [2.75, 3.05) is 19.6 Å². The summed E-state index contributed by atoms with van der Waals surface area (Å²) in [6.45, 7) is -0.442. The predicted octanol–water partition coefficient (Wildman–Crippen LogP) is 4.24. The molecule has 4 rings (SSSR count). The maximum absolute atomic E-state index is 13.5. The Hall–Kier alpha value is -2.96. The van der Waals surface area contributed by atoms with E-state index in [4.69, 9.17) is 5.26 Å². The van der Waals surface area contributed by atoms with Gasteiger partial charge in [0.2, 0.25) is 5.91 Å². The van der Waals surface area contributed by atoms with Crippen LogP contribution in [0.25, 0.3) is 0 Å². The molecule has 1 amide bonds. The maximum Gasteiger partial charge on any atom is 0.418 e. The van der Waals surface area contributed by atoms with Gasteiger partial charge in [0.25, 0.3) is 0 Å². The second-order valence-electron chi connectivity index (χ2n) is 9.92. The highest BCUT2D eigenvalue weighted by atomic mass is 19.4. The fraction of sp³-hybridized carbons (Fsp3) is 0.481. The molecule has 0 bridgehead atoms. The summed E-state index contributed by atoms with van der Waals surface area (Å²) in [5, 5.41) is 22.2. The number of hydrogen-bond donors (Lipinski definition) is 2. The number of likely N-dealkylation sites (tertiary alicyclic amines) is 1. The van der Waals surface area contributed by atoms with Gasteiger partial charge in [-0.2, -0.15) is 18.4 Å². The second-order valence-corrected chi connectivity index (χ2v) is 9.92. The van der Waals surface area contributed by atoms with Crippen LogP contribution in [0.3, 0.4) is 0 Å². The molecule has 1 saturated carbocycles. The van der Waals surface area contributed by atoms with Gasteiger partial charge in [-0.25, -0.2) is 4.39 Å². The number of β-amino-alcohol motifs (C(OH)–C–C–N with tert-alkyl or cyclic N) is 1. The van der Waals surface area contributed by atoms with E-state index in [2.05, 4.69) is 5.32 Å². The van der Waals surface area contributed by atoms with Crippen molar-refractivity contribution in [3.05, 3.63) is 71.0 Å². The Morgan fingerprint density at radius 2 is 1.72 bits per heavy atom. The first-order valence-electron chi connectivity index (χ1n) is 12.1. The van der Waals surface area contributed by atoms with Crippen LogP contribution in [0.1, 0.15) is 48.8 Å². The summed E-state index contributed by atoms with van der Waals surface area (Å²) >= 11 is 0. The maximum atomic E-state index is 13.5. The Morgan fingerprint density at radius 3 is 2.28 bits per heavy atom. The van der Waals surface area contributed by atoms with Gasteiger partial charge in [-0.05, 0) is 61.1 Å². The molecule has 0 spiro atoms. The summed E-state index contributed by atoms with van der Waals surface area (Å²) in [6.07, 6.45) is -1.92. The SMILES string of the molecule is N#Cc1ccc(CC(CNC(=O)C2(c3ccc(F)cc3)CCCC2)N2CCC(O)(C(F)(F)F)C2)cc1. The molecule has 1 saturated heterocycles. The average molecular weight is 504 g/mol. The first kappa shape index (κ1) is 26.1. The Kier molecular flexibility index (Phi) is 7.39. The number of amides is 1. The van der Waals surface area contributed by atoms with E-state index in [1.165, 1.54) is 12.1 Å². The first-order chi connectivity index (χ1) is 17.1. The quantitative estimate of drug-likeness (QED) is 0.555. The molecule has 2 atom stereocenters. The summed E-state index contributed by atoms with van der Waals surface area (Å²) < 4.78 is 53.9. The minimum Gasteiger partial charge on any atom is -0.379 e. The molecule has 0 radical (unpaired) electrons. The highest BCUT2D eigenvalue weighted by Crippen LogP contribution is 2.42. The zero-order valence-corrected chi connectivity index (χ0v) is 19.8. The summed E-state index contributed by atoms with van der Waals surface area (Å²) in [7, 11) is 0. The Labute approximate surface area is 207 Å². The molecule has 2 aromatic rings. The fourth-order valence-corrected chi connectivity index (χ4v) is 5.46. The van der Waals surface area contributed by atoms with Crippen molar-refractivity contribution in [3.63, 3.8) is 0 Å². The number of nitrogens with one attached hydrogen (secondary N) is 1. The largest absolute Gasteiger partial charge is 0.418 e. The molecule has 0 aromatic heterocycles. The standard InChI is InChI=1S/C27H29F4N3O2/c28-22-9-7-21(8-10-22)25(11-1-2-12-25)24(35)33-17-23(15-19-3-5-20(16-32)6-4-19)34-14-13-26(36,18-34)27(29,30)31/h3-10,23,36H,1-2,11-15,17-18H2,(H,33,35). The van der Waals surface area contributed by atoms with E-state index in [-0.39, 0.29) is 24.8 Å². The second kappa shape index (κ2) is 10.2. The average Bonchev–Trinajstić information content (AvgIpc) is 3.51. The van der Waals surface area contributed by atoms with Crippen LogP contribution in [0.4, 0.5) is 17.6 Å². The van der Waals surface area contributed by atoms with E-state index >= 15 is 0 Å². The number of carbonyl (C=O) groups is 1. The third kappa shape index (κ3) is 5.25. The summed E-state index contributed by atoms with van der Waals surface area (Å²) in [4.78, 5) is 15.1. The lowest BCUT2D eigenvalue weighted by Gasteiger charge is -2.33. The molecule has 1 heterocycles. The zero-order valence-electron chi connectivity index (χ0n) is 19.8. The molecule has 2 aliphatic rings. The van der Waals surface area contributed by atoms with Crippen molar-refractivity contribution in [3.8, 4) is 6.07 Å². The van der Waals surface area contributed by atoms with Gasteiger partial charge in [0, 0.05) is 25.7 Å². The molecule has 5 nitrogen and oxygen atoms in total. The lowest BCUT2D eigenvalue weighted by Crippen LogP contribution is -2.52. The number of hydrogen-bond acceptors (Lipinski definition) is 4. The fourth-order valence-electron chi connectivity index (χ4n) is 5.46. The number of aliphatic hydroxyl groups is 1. The van der Waals surface area contributed by atoms with Crippen LogP contribution >= 0.6 is 0 Å². The minimum absolute atomic E-state index is 0.0376. The first-order valence-corrected chi connectivity index (χ1v) is 12.1. The van der Waals surface area contributed by atoms with Gasteiger partial charge in [-0.1, -0.05) is 37.1 Å². The van der Waals surface area contributed by atoms with Gasteiger partial charge in [0.15, 0.2) is 5.60 Å². The highest BCUT2D eigenvalue weighted by molar-refractivity contribution is 5.88. The lowest BCUT2D eigenvalue weighted by molar-refractivity contribution is -0.254. The summed E-state index contributed by atoms with van der Waals surface area (Å²) in [5.74, 6) is -0.609. The van der Waals surface area contributed by atoms with E-state index in [1.54, 1.807) is 41.3 Å². The van der Waals surface area contributed by atoms with Crippen molar-refractivity contribution >= 4 is 5.91 Å². The Bertz CT molecular complexity index is 1110. The van der Waals surface area contributed by atoms with Crippen LogP contribution in [0.15, 0.2) is 48.5 Å². The van der Waals surface area contributed by atoms with Crippen LogP contribution in [0.2, 0.25) is 0 Å². The van der Waals surface area contributed by atoms with E-state index in [0.29, 0.717) is 24.8 Å². The zero-order chi connectivity index (χ0) is 26.0. The van der Waals surface area contributed by atoms with Gasteiger partial charge in [0.05, 0.1) is 17.0 Å². The van der Waals surface area contributed by atoms with E-state index in [1.807, 2.05) is 6.07 Å². The molecule has 1 aliphatic carbocycles. The third-order valence-corrected chi connectivity index (χ3v) is 7.66. The molecule has 2 fully saturated rings. The van der Waals surface area contributed by atoms with Crippen molar-refractivity contribution < 1.29 is 27.5 Å². The highest BCUT2D eigenvalue weighted by Gasteiger charge is 2.57. The van der Waals surface area contributed by atoms with Gasteiger partial charge in [0.1, 0.15) is 5.82 Å². The molecule has 192 valence electrons. The molecule has 36 heavy (non-hydrogen) atoms. The molecule has 2 aromatic carbocycles. The summed E-state index contributed by atoms with van der Waals surface area (Å²) in [6, 6.07) is 14.2. The van der Waals surface area contributed by atoms with E-state index in [0.717, 1.165) is 24.0 Å². The number of nitriles is 1. The third-order valence-electron chi connectivity index (χ3n) is 7.66. The summed E-state index contributed by atoms with van der Waals surface area (Å²) in [5.41, 5.74) is -1.58. The number of halogens is 4. The van der Waals surface area contributed by atoms with E-state index < -0.39 is 36.2 Å². The van der Waals surface area contributed by atoms with Crippen LogP contribution in [-0.4, -0.2) is 53.4 Å². The van der Waals surface area contributed by atoms with Crippen molar-refractivity contribution in [2.45, 2.75) is 61.8 Å². The smallest absolute Gasteiger partial charge is 0.379 e. The Morgan fingerprint density at radius 1 is 1.08 bits per heavy atom. The molecule has 1 aliphatic heterocycles. The lowest BCUT2D eigenvalue weighted by atomic mass is 9.78. The Balaban J connectivity index is 1.53. The number of benzene rings is 2. The van der Waals surface area contributed by atoms with Gasteiger partial charge >= 0.3 is 6.18 Å². The number of carbonyl (C=O) groups excluding carboxylic acids is 1. The molecule has 2 unspecified atom stereocenters. The predicted molar refractivity (Wildman–Crippen MR) is 125 cm³/mol. The normalized spacial score (nSPS) is 22.8. The van der Waals surface area contributed by atoms with Crippen LogP contribution < -0.4 is 5.32 Å². The monoisotopic (exact) mass is 503 g/mol. The van der Waals surface area contributed by atoms with Crippen molar-refractivity contribution in [2.24, 2.45) is 0 Å². The van der Waals surface area contributed by atoms with Gasteiger partial charge in [-0.15, -0.1) is 0 Å². The number of nitrogens with zero attached hydrogens (tertiary/aromatic N) is 2. The van der Waals surface area contributed by atoms with Crippen LogP contribution in [0, 0.1) is 17.1 Å². The minimum atomic E-state index is -4.75. The van der Waals surface area contributed by atoms with Gasteiger partial charge < -0.3 is 10.4 Å². The topological polar surface area (TPSA) is 76.4 Å². The van der Waals surface area contributed by atoms with Crippen LogP contribution in [-0.2, 0) is 16.6 Å². The van der Waals surface area contributed by atoms with Crippen molar-refractivity contribution in [1.29, 1.82) is 5.26 Å². The molecule has 2 N–H and O–H groups in total. The molecular weight excluding hydrogens is 474 g/mol. The van der Waals surface area contributed by atoms with Crippen LogP contribution in [0.5, 0.6) is 0 Å². The van der Waals surface area contributed by atoms with Crippen molar-refractivity contribution in [1.82, 2.24) is 10.2 Å². The van der Waals surface area contributed by atoms with Gasteiger partial charge in [-0.3, -0.25) is 9.69 Å². The molecule has 9 heteroatoms.